The lowest BCUT2D eigenvalue weighted by Crippen LogP contribution is -2.40. The summed E-state index contributed by atoms with van der Waals surface area (Å²) in [6.45, 7) is 5.79. The summed E-state index contributed by atoms with van der Waals surface area (Å²) in [6, 6.07) is 23.4. The van der Waals surface area contributed by atoms with Crippen LogP contribution in [0.5, 0.6) is 5.75 Å². The monoisotopic (exact) mass is 642 g/mol. The van der Waals surface area contributed by atoms with Gasteiger partial charge in [0.15, 0.2) is 4.80 Å². The van der Waals surface area contributed by atoms with Crippen LogP contribution in [-0.4, -0.2) is 22.2 Å². The van der Waals surface area contributed by atoms with Gasteiger partial charge in [-0.1, -0.05) is 64.9 Å². The summed E-state index contributed by atoms with van der Waals surface area (Å²) >= 11 is 13.8. The van der Waals surface area contributed by atoms with Crippen molar-refractivity contribution in [3.05, 3.63) is 142 Å². The lowest BCUT2D eigenvalue weighted by Gasteiger charge is -2.25. The number of thiazole rings is 1. The van der Waals surface area contributed by atoms with Gasteiger partial charge < -0.3 is 14.6 Å². The van der Waals surface area contributed by atoms with Crippen LogP contribution in [0.2, 0.25) is 10.0 Å². The van der Waals surface area contributed by atoms with E-state index in [1.165, 1.54) is 11.3 Å². The van der Waals surface area contributed by atoms with Crippen molar-refractivity contribution in [3.8, 4) is 11.4 Å². The predicted molar refractivity (Wildman–Crippen MR) is 177 cm³/mol. The molecule has 1 atom stereocenters. The van der Waals surface area contributed by atoms with Gasteiger partial charge in [0.1, 0.15) is 5.75 Å². The van der Waals surface area contributed by atoms with E-state index >= 15 is 0 Å². The zero-order valence-corrected chi connectivity index (χ0v) is 26.7. The fraction of sp³-hybridized carbons (Fsp3) is 0.147. The van der Waals surface area contributed by atoms with Gasteiger partial charge >= 0.3 is 0 Å². The Bertz CT molecular complexity index is 2150. The number of aryl methyl sites for hydroxylation is 1. The molecule has 0 fully saturated rings. The highest BCUT2D eigenvalue weighted by Crippen LogP contribution is 2.33. The summed E-state index contributed by atoms with van der Waals surface area (Å²) in [6.07, 6.45) is 1.88. The van der Waals surface area contributed by atoms with E-state index in [1.807, 2.05) is 92.7 Å². The maximum Gasteiger partial charge on any atom is 0.271 e. The Hall–Kier alpha value is -4.37. The van der Waals surface area contributed by atoms with Gasteiger partial charge in [0.25, 0.3) is 11.5 Å². The van der Waals surface area contributed by atoms with Gasteiger partial charge in [-0.15, -0.1) is 0 Å². The van der Waals surface area contributed by atoms with Gasteiger partial charge in [0.2, 0.25) is 0 Å². The molecular formula is C34H28Cl2N4O3S. The van der Waals surface area contributed by atoms with Gasteiger partial charge in [-0.3, -0.25) is 14.2 Å². The second-order valence-corrected chi connectivity index (χ2v) is 12.3. The Morgan fingerprint density at radius 1 is 0.977 bits per heavy atom. The van der Waals surface area contributed by atoms with Crippen molar-refractivity contribution in [1.82, 2.24) is 9.13 Å². The number of methoxy groups -OCH3 is 1. The summed E-state index contributed by atoms with van der Waals surface area (Å²) in [5.74, 6) is 0.293. The van der Waals surface area contributed by atoms with Crippen LogP contribution < -0.4 is 24.9 Å². The molecule has 7 nitrogen and oxygen atoms in total. The van der Waals surface area contributed by atoms with E-state index in [-0.39, 0.29) is 11.5 Å². The van der Waals surface area contributed by atoms with Crippen molar-refractivity contribution in [2.45, 2.75) is 26.8 Å². The van der Waals surface area contributed by atoms with E-state index in [4.69, 9.17) is 32.9 Å². The normalized spacial score (nSPS) is 14.8. The summed E-state index contributed by atoms with van der Waals surface area (Å²) in [4.78, 5) is 33.3. The highest BCUT2D eigenvalue weighted by molar-refractivity contribution is 7.07. The summed E-state index contributed by atoms with van der Waals surface area (Å²) in [5, 5.41) is 3.93. The number of carbonyl (C=O) groups is 1. The molecule has 3 heterocycles. The highest BCUT2D eigenvalue weighted by atomic mass is 35.5. The molecular weight excluding hydrogens is 615 g/mol. The average Bonchev–Trinajstić information content (AvgIpc) is 3.47. The number of amides is 1. The maximum atomic E-state index is 14.2. The molecule has 0 unspecified atom stereocenters. The van der Waals surface area contributed by atoms with Crippen LogP contribution in [0, 0.1) is 13.8 Å². The maximum absolute atomic E-state index is 14.2. The first-order chi connectivity index (χ1) is 21.2. The van der Waals surface area contributed by atoms with Crippen LogP contribution in [0.3, 0.4) is 0 Å². The number of halogens is 2. The van der Waals surface area contributed by atoms with Crippen molar-refractivity contribution in [1.29, 1.82) is 0 Å². The molecule has 222 valence electrons. The zero-order chi connectivity index (χ0) is 31.1. The molecule has 1 aliphatic heterocycles. The molecule has 1 aliphatic rings. The van der Waals surface area contributed by atoms with E-state index in [1.54, 1.807) is 24.7 Å². The molecule has 0 saturated carbocycles. The Balaban J connectivity index is 1.50. The van der Waals surface area contributed by atoms with Crippen molar-refractivity contribution in [2.75, 3.05) is 12.4 Å². The summed E-state index contributed by atoms with van der Waals surface area (Å²) in [7, 11) is 1.59. The number of nitrogens with zero attached hydrogens (tertiary/aromatic N) is 3. The number of nitrogens with one attached hydrogen (secondary N) is 1. The van der Waals surface area contributed by atoms with E-state index in [0.717, 1.165) is 28.2 Å². The number of ether oxygens (including phenoxy) is 1. The number of anilines is 1. The Kier molecular flexibility index (Phi) is 8.07. The van der Waals surface area contributed by atoms with Crippen molar-refractivity contribution < 1.29 is 9.53 Å². The SMILES string of the molecule is COc1cccc([C@H]2C(C(=O)Nc3ccccc3)=C(C)N=c3s/c(=C\c4cc(C)n(-c5ccc(Cl)c(Cl)c5)c4C)c(=O)n32)c1. The van der Waals surface area contributed by atoms with Crippen LogP contribution in [0.25, 0.3) is 11.8 Å². The number of rotatable bonds is 6. The molecule has 0 spiro atoms. The fourth-order valence-electron chi connectivity index (χ4n) is 5.56. The third kappa shape index (κ3) is 5.41. The number of aromatic nitrogens is 2. The molecule has 0 saturated heterocycles. The van der Waals surface area contributed by atoms with Crippen LogP contribution in [0.1, 0.15) is 35.5 Å². The van der Waals surface area contributed by atoms with Gasteiger partial charge in [-0.25, -0.2) is 4.99 Å². The molecule has 0 radical (unpaired) electrons. The first-order valence-electron chi connectivity index (χ1n) is 13.8. The second-order valence-electron chi connectivity index (χ2n) is 10.4. The number of fused-ring (bicyclic) bond motifs is 1. The summed E-state index contributed by atoms with van der Waals surface area (Å²) < 4.78 is 9.67. The second kappa shape index (κ2) is 12.0. The van der Waals surface area contributed by atoms with Crippen molar-refractivity contribution in [3.63, 3.8) is 0 Å². The van der Waals surface area contributed by atoms with Crippen molar-refractivity contribution >= 4 is 52.2 Å². The predicted octanol–water partition coefficient (Wildman–Crippen LogP) is 6.60. The lowest BCUT2D eigenvalue weighted by molar-refractivity contribution is -0.113. The molecule has 3 aromatic carbocycles. The first kappa shape index (κ1) is 29.7. The van der Waals surface area contributed by atoms with Crippen LogP contribution in [0.15, 0.2) is 99.9 Å². The van der Waals surface area contributed by atoms with E-state index < -0.39 is 6.04 Å². The van der Waals surface area contributed by atoms with E-state index in [9.17, 15) is 9.59 Å². The average molecular weight is 644 g/mol. The topological polar surface area (TPSA) is 77.6 Å². The Labute approximate surface area is 268 Å². The lowest BCUT2D eigenvalue weighted by atomic mass is 9.95. The van der Waals surface area contributed by atoms with Crippen LogP contribution >= 0.6 is 34.5 Å². The molecule has 6 rings (SSSR count). The standard InChI is InChI=1S/C34H28Cl2N4O3S/c1-19-15-23(21(3)39(19)25-13-14-27(35)28(36)18-25)17-29-33(42)40-31(22-9-8-12-26(16-22)43-4)30(20(2)37-34(40)44-29)32(41)38-24-10-6-5-7-11-24/h5-18,31H,1-4H3,(H,38,41)/b29-17-/t31-/m0/s1. The minimum Gasteiger partial charge on any atom is -0.497 e. The quantitative estimate of drug-likeness (QED) is 0.227. The first-order valence-corrected chi connectivity index (χ1v) is 15.4. The molecule has 1 amide bonds. The number of carbonyl (C=O) groups excluding carboxylic acids is 1. The van der Waals surface area contributed by atoms with E-state index in [2.05, 4.69) is 9.88 Å². The molecule has 2 aromatic heterocycles. The van der Waals surface area contributed by atoms with Gasteiger partial charge in [0.05, 0.1) is 39.0 Å². The van der Waals surface area contributed by atoms with Gasteiger partial charge in [0, 0.05) is 22.8 Å². The zero-order valence-electron chi connectivity index (χ0n) is 24.4. The number of allylic oxidation sites excluding steroid dienone is 1. The third-order valence-corrected chi connectivity index (χ3v) is 9.35. The van der Waals surface area contributed by atoms with E-state index in [0.29, 0.717) is 42.1 Å². The Morgan fingerprint density at radius 3 is 2.48 bits per heavy atom. The molecule has 1 N–H and O–H groups in total. The van der Waals surface area contributed by atoms with Crippen LogP contribution in [0.4, 0.5) is 5.69 Å². The minimum absolute atomic E-state index is 0.238. The van der Waals surface area contributed by atoms with Gasteiger partial charge in [-0.2, -0.15) is 0 Å². The minimum atomic E-state index is -0.712. The largest absolute Gasteiger partial charge is 0.497 e. The summed E-state index contributed by atoms with van der Waals surface area (Å²) in [5.41, 5.74) is 5.75. The van der Waals surface area contributed by atoms with Gasteiger partial charge in [-0.05, 0) is 86.5 Å². The molecule has 10 heteroatoms. The number of hydrogen-bond acceptors (Lipinski definition) is 5. The van der Waals surface area contributed by atoms with Crippen molar-refractivity contribution in [2.24, 2.45) is 4.99 Å². The molecule has 0 aliphatic carbocycles. The fourth-order valence-corrected chi connectivity index (χ4v) is 6.88. The Morgan fingerprint density at radius 2 is 1.75 bits per heavy atom. The smallest absolute Gasteiger partial charge is 0.271 e. The molecule has 5 aromatic rings. The highest BCUT2D eigenvalue weighted by Gasteiger charge is 2.33. The number of benzene rings is 3. The molecule has 44 heavy (non-hydrogen) atoms. The number of para-hydroxylation sites is 1. The molecule has 0 bridgehead atoms. The third-order valence-electron chi connectivity index (χ3n) is 7.63. The van der Waals surface area contributed by atoms with Crippen LogP contribution in [-0.2, 0) is 4.79 Å². The number of hydrogen-bond donors (Lipinski definition) is 1.